The predicted molar refractivity (Wildman–Crippen MR) is 106 cm³/mol. The van der Waals surface area contributed by atoms with Crippen LogP contribution in [-0.2, 0) is 11.0 Å². The molecule has 2 aromatic carbocycles. The first-order valence-corrected chi connectivity index (χ1v) is 9.45. The second-order valence-electron chi connectivity index (χ2n) is 6.25. The number of amides is 1. The van der Waals surface area contributed by atoms with E-state index in [4.69, 9.17) is 4.74 Å². The number of nitrogens with zero attached hydrogens (tertiary/aromatic N) is 3. The number of rotatable bonds is 4. The van der Waals surface area contributed by atoms with Crippen molar-refractivity contribution >= 4 is 32.6 Å². The van der Waals surface area contributed by atoms with Gasteiger partial charge in [0.25, 0.3) is 0 Å². The van der Waals surface area contributed by atoms with Gasteiger partial charge in [-0.3, -0.25) is 4.79 Å². The van der Waals surface area contributed by atoms with Gasteiger partial charge in [0.1, 0.15) is 12.1 Å². The summed E-state index contributed by atoms with van der Waals surface area (Å²) in [5.41, 5.74) is 0.854. The van der Waals surface area contributed by atoms with E-state index in [9.17, 15) is 18.0 Å². The summed E-state index contributed by atoms with van der Waals surface area (Å²) in [6.07, 6.45) is -3.12. The predicted octanol–water partition coefficient (Wildman–Crippen LogP) is 5.52. The molecule has 1 amide bonds. The Bertz CT molecular complexity index is 1220. The molecule has 0 unspecified atom stereocenters. The number of fused-ring (bicyclic) bond motifs is 1. The van der Waals surface area contributed by atoms with Crippen molar-refractivity contribution in [1.82, 2.24) is 15.0 Å². The van der Waals surface area contributed by atoms with E-state index in [1.807, 2.05) is 6.07 Å². The zero-order valence-corrected chi connectivity index (χ0v) is 16.2. The van der Waals surface area contributed by atoms with Crippen molar-refractivity contribution < 1.29 is 22.7 Å². The number of ether oxygens (including phenoxy) is 1. The number of thiazole rings is 1. The van der Waals surface area contributed by atoms with Gasteiger partial charge >= 0.3 is 6.18 Å². The van der Waals surface area contributed by atoms with Gasteiger partial charge in [-0.15, -0.1) is 0 Å². The number of benzene rings is 2. The van der Waals surface area contributed by atoms with Crippen molar-refractivity contribution in [3.05, 3.63) is 60.4 Å². The van der Waals surface area contributed by atoms with Crippen molar-refractivity contribution in [3.63, 3.8) is 0 Å². The van der Waals surface area contributed by atoms with Gasteiger partial charge < -0.3 is 10.1 Å². The minimum Gasteiger partial charge on any atom is -0.439 e. The molecule has 152 valence electrons. The number of carbonyl (C=O) groups is 1. The number of hydrogen-bond donors (Lipinski definition) is 1. The molecule has 1 N–H and O–H groups in total. The van der Waals surface area contributed by atoms with Gasteiger partial charge in [-0.1, -0.05) is 23.5 Å². The maximum Gasteiger partial charge on any atom is 0.416 e. The second kappa shape index (κ2) is 7.71. The molecular weight excluding hydrogens is 417 g/mol. The van der Waals surface area contributed by atoms with Crippen LogP contribution in [0.2, 0.25) is 0 Å². The summed E-state index contributed by atoms with van der Waals surface area (Å²) in [5, 5.41) is 3.13. The lowest BCUT2D eigenvalue weighted by Crippen LogP contribution is -2.04. The number of halogens is 3. The van der Waals surface area contributed by atoms with Gasteiger partial charge in [-0.05, 0) is 24.3 Å². The van der Waals surface area contributed by atoms with Crippen LogP contribution in [-0.4, -0.2) is 20.9 Å². The Labute approximate surface area is 172 Å². The lowest BCUT2D eigenvalue weighted by molar-refractivity contribution is -0.137. The van der Waals surface area contributed by atoms with Gasteiger partial charge in [0.05, 0.1) is 21.5 Å². The van der Waals surface area contributed by atoms with E-state index in [0.29, 0.717) is 27.7 Å². The van der Waals surface area contributed by atoms with Crippen LogP contribution in [0.3, 0.4) is 0 Å². The average Bonchev–Trinajstić information content (AvgIpc) is 3.08. The summed E-state index contributed by atoms with van der Waals surface area (Å²) in [4.78, 5) is 23.7. The molecule has 6 nitrogen and oxygen atoms in total. The summed E-state index contributed by atoms with van der Waals surface area (Å²) in [6, 6.07) is 11.5. The minimum atomic E-state index is -4.40. The van der Waals surface area contributed by atoms with Gasteiger partial charge in [-0.25, -0.2) is 15.0 Å². The molecule has 0 fully saturated rings. The quantitative estimate of drug-likeness (QED) is 0.461. The van der Waals surface area contributed by atoms with Crippen LogP contribution in [0.5, 0.6) is 11.6 Å². The number of carbonyl (C=O) groups excluding carboxylic acids is 1. The molecule has 30 heavy (non-hydrogen) atoms. The number of aromatic nitrogens is 3. The zero-order valence-electron chi connectivity index (χ0n) is 15.4. The fourth-order valence-electron chi connectivity index (χ4n) is 2.68. The Morgan fingerprint density at radius 1 is 1.07 bits per heavy atom. The number of alkyl halides is 3. The van der Waals surface area contributed by atoms with Crippen LogP contribution in [0.4, 0.5) is 18.3 Å². The monoisotopic (exact) mass is 430 g/mol. The Kier molecular flexibility index (Phi) is 5.08. The highest BCUT2D eigenvalue weighted by atomic mass is 32.1. The molecule has 4 rings (SSSR count). The molecule has 0 aliphatic carbocycles. The summed E-state index contributed by atoms with van der Waals surface area (Å²) in [6.45, 7) is 1.41. The van der Waals surface area contributed by atoms with E-state index < -0.39 is 11.7 Å². The SMILES string of the molecule is CC(=O)Nc1nc2cc(Oc3cc(-c4ccc(C(F)(F)F)cc4)ncn3)ccc2s1. The van der Waals surface area contributed by atoms with Crippen molar-refractivity contribution in [1.29, 1.82) is 0 Å². The van der Waals surface area contributed by atoms with E-state index in [2.05, 4.69) is 20.3 Å². The third kappa shape index (κ3) is 4.38. The fourth-order valence-corrected chi connectivity index (χ4v) is 3.57. The second-order valence-corrected chi connectivity index (χ2v) is 7.28. The molecule has 0 aliphatic rings. The maximum atomic E-state index is 12.7. The van der Waals surface area contributed by atoms with Crippen LogP contribution in [0.1, 0.15) is 12.5 Å². The van der Waals surface area contributed by atoms with Gasteiger partial charge in [0, 0.05) is 24.6 Å². The molecule has 2 heterocycles. The standard InChI is InChI=1S/C20H13F3N4O2S/c1-11(28)26-19-27-16-8-14(6-7-17(16)30-19)29-18-9-15(24-10-25-18)12-2-4-13(5-3-12)20(21,22)23/h2-10H,1H3,(H,26,27,28). The fraction of sp³-hybridized carbons (Fsp3) is 0.100. The van der Waals surface area contributed by atoms with E-state index in [-0.39, 0.29) is 11.8 Å². The molecule has 0 spiro atoms. The highest BCUT2D eigenvalue weighted by Gasteiger charge is 2.30. The van der Waals surface area contributed by atoms with Crippen LogP contribution in [0.25, 0.3) is 21.5 Å². The number of hydrogen-bond acceptors (Lipinski definition) is 6. The molecule has 4 aromatic rings. The third-order valence-electron chi connectivity index (χ3n) is 4.01. The normalized spacial score (nSPS) is 11.5. The van der Waals surface area contributed by atoms with Gasteiger partial charge in [0.2, 0.25) is 11.8 Å². The first-order valence-electron chi connectivity index (χ1n) is 8.64. The van der Waals surface area contributed by atoms with Crippen molar-refractivity contribution in [3.8, 4) is 22.9 Å². The summed E-state index contributed by atoms with van der Waals surface area (Å²) >= 11 is 1.34. The van der Waals surface area contributed by atoms with Crippen molar-refractivity contribution in [2.45, 2.75) is 13.1 Å². The molecule has 0 bridgehead atoms. The molecule has 2 aromatic heterocycles. The van der Waals surface area contributed by atoms with Crippen molar-refractivity contribution in [2.24, 2.45) is 0 Å². The van der Waals surface area contributed by atoms with E-state index in [0.717, 1.165) is 16.8 Å². The summed E-state index contributed by atoms with van der Waals surface area (Å²) in [7, 11) is 0. The van der Waals surface area contributed by atoms with Gasteiger partial charge in [0.15, 0.2) is 5.13 Å². The molecule has 0 saturated carbocycles. The Morgan fingerprint density at radius 2 is 1.83 bits per heavy atom. The molecule has 0 saturated heterocycles. The van der Waals surface area contributed by atoms with Crippen LogP contribution < -0.4 is 10.1 Å². The van der Waals surface area contributed by atoms with Crippen LogP contribution in [0, 0.1) is 0 Å². The number of anilines is 1. The highest BCUT2D eigenvalue weighted by Crippen LogP contribution is 2.32. The minimum absolute atomic E-state index is 0.206. The first kappa shape index (κ1) is 19.8. The highest BCUT2D eigenvalue weighted by molar-refractivity contribution is 7.22. The lowest BCUT2D eigenvalue weighted by atomic mass is 10.1. The van der Waals surface area contributed by atoms with Gasteiger partial charge in [-0.2, -0.15) is 13.2 Å². The Hall–Kier alpha value is -3.53. The van der Waals surface area contributed by atoms with Crippen LogP contribution in [0.15, 0.2) is 54.9 Å². The van der Waals surface area contributed by atoms with E-state index in [1.54, 1.807) is 12.1 Å². The molecule has 0 radical (unpaired) electrons. The lowest BCUT2D eigenvalue weighted by Gasteiger charge is -2.08. The van der Waals surface area contributed by atoms with E-state index in [1.165, 1.54) is 42.8 Å². The topological polar surface area (TPSA) is 77.0 Å². The third-order valence-corrected chi connectivity index (χ3v) is 4.97. The largest absolute Gasteiger partial charge is 0.439 e. The molecule has 0 atom stereocenters. The molecule has 0 aliphatic heterocycles. The van der Waals surface area contributed by atoms with E-state index >= 15 is 0 Å². The first-order chi connectivity index (χ1) is 14.3. The van der Waals surface area contributed by atoms with Crippen LogP contribution >= 0.6 is 11.3 Å². The van der Waals surface area contributed by atoms with Crippen molar-refractivity contribution in [2.75, 3.05) is 5.32 Å². The Balaban J connectivity index is 1.56. The maximum absolute atomic E-state index is 12.7. The summed E-state index contributed by atoms with van der Waals surface area (Å²) < 4.78 is 44.8. The molecule has 10 heteroatoms. The number of nitrogens with one attached hydrogen (secondary N) is 1. The summed E-state index contributed by atoms with van der Waals surface area (Å²) in [5.74, 6) is 0.498. The Morgan fingerprint density at radius 3 is 2.53 bits per heavy atom. The zero-order chi connectivity index (χ0) is 21.3. The average molecular weight is 430 g/mol. The smallest absolute Gasteiger partial charge is 0.416 e. The molecular formula is C20H13F3N4O2S.